The van der Waals surface area contributed by atoms with E-state index in [1.807, 2.05) is 44.2 Å². The molecule has 30 heavy (non-hydrogen) atoms. The van der Waals surface area contributed by atoms with Gasteiger partial charge in [-0.05, 0) is 37.1 Å². The predicted molar refractivity (Wildman–Crippen MR) is 120 cm³/mol. The van der Waals surface area contributed by atoms with E-state index in [-0.39, 0.29) is 17.0 Å². The van der Waals surface area contributed by atoms with Crippen molar-refractivity contribution in [2.45, 2.75) is 20.4 Å². The van der Waals surface area contributed by atoms with Crippen LogP contribution in [0, 0.1) is 25.2 Å². The summed E-state index contributed by atoms with van der Waals surface area (Å²) < 4.78 is 10.6. The Labute approximate surface area is 179 Å². The second-order valence-corrected chi connectivity index (χ2v) is 7.87. The zero-order valence-corrected chi connectivity index (χ0v) is 18.1. The maximum Gasteiger partial charge on any atom is 0.205 e. The SMILES string of the molecule is COc1ccc(CNc2sc(C(=O)c3ccc(C)cc3C)c(N)c2C#N)cc1OC. The van der Waals surface area contributed by atoms with Crippen LogP contribution in [0.25, 0.3) is 0 Å². The van der Waals surface area contributed by atoms with Gasteiger partial charge in [0.05, 0.1) is 19.9 Å². The molecule has 0 amide bonds. The minimum Gasteiger partial charge on any atom is -0.493 e. The number of hydrogen-bond acceptors (Lipinski definition) is 7. The van der Waals surface area contributed by atoms with E-state index in [4.69, 9.17) is 15.2 Å². The lowest BCUT2D eigenvalue weighted by Gasteiger charge is -2.10. The monoisotopic (exact) mass is 421 g/mol. The molecule has 0 atom stereocenters. The normalized spacial score (nSPS) is 10.4. The van der Waals surface area contributed by atoms with Crippen molar-refractivity contribution in [3.05, 3.63) is 69.1 Å². The molecule has 6 nitrogen and oxygen atoms in total. The standard InChI is InChI=1S/C23H23N3O3S/c1-13-5-7-16(14(2)9-13)21(27)22-20(25)17(11-24)23(30-22)26-12-15-6-8-18(28-3)19(10-15)29-4/h5-10,26H,12,25H2,1-4H3. The van der Waals surface area contributed by atoms with Crippen LogP contribution >= 0.6 is 11.3 Å². The van der Waals surface area contributed by atoms with E-state index in [2.05, 4.69) is 11.4 Å². The molecule has 0 saturated carbocycles. The number of ether oxygens (including phenoxy) is 2. The molecule has 7 heteroatoms. The second kappa shape index (κ2) is 8.89. The van der Waals surface area contributed by atoms with Crippen molar-refractivity contribution in [2.24, 2.45) is 0 Å². The highest BCUT2D eigenvalue weighted by atomic mass is 32.1. The van der Waals surface area contributed by atoms with Crippen LogP contribution < -0.4 is 20.5 Å². The van der Waals surface area contributed by atoms with E-state index in [0.717, 1.165) is 16.7 Å². The summed E-state index contributed by atoms with van der Waals surface area (Å²) >= 11 is 1.20. The van der Waals surface area contributed by atoms with Crippen molar-refractivity contribution in [1.29, 1.82) is 5.26 Å². The maximum absolute atomic E-state index is 13.1. The molecule has 0 aliphatic rings. The van der Waals surface area contributed by atoms with Crippen LogP contribution in [0.3, 0.4) is 0 Å². The summed E-state index contributed by atoms with van der Waals surface area (Å²) in [5, 5.41) is 13.4. The zero-order valence-electron chi connectivity index (χ0n) is 17.3. The van der Waals surface area contributed by atoms with Gasteiger partial charge in [-0.3, -0.25) is 4.79 Å². The van der Waals surface area contributed by atoms with Gasteiger partial charge < -0.3 is 20.5 Å². The number of carbonyl (C=O) groups excluding carboxylic acids is 1. The predicted octanol–water partition coefficient (Wildman–Crippen LogP) is 4.68. The number of rotatable bonds is 7. The third-order valence-electron chi connectivity index (χ3n) is 4.79. The minimum atomic E-state index is -0.175. The van der Waals surface area contributed by atoms with Crippen molar-refractivity contribution in [2.75, 3.05) is 25.3 Å². The summed E-state index contributed by atoms with van der Waals surface area (Å²) in [6.07, 6.45) is 0. The molecule has 0 unspecified atom stereocenters. The van der Waals surface area contributed by atoms with Crippen molar-refractivity contribution in [3.63, 3.8) is 0 Å². The first-order valence-electron chi connectivity index (χ1n) is 9.28. The molecule has 0 spiro atoms. The second-order valence-electron chi connectivity index (χ2n) is 6.85. The maximum atomic E-state index is 13.1. The number of nitrogens with one attached hydrogen (secondary N) is 1. The number of anilines is 2. The highest BCUT2D eigenvalue weighted by molar-refractivity contribution is 7.19. The number of ketones is 1. The van der Waals surface area contributed by atoms with Crippen molar-refractivity contribution >= 4 is 27.8 Å². The number of methoxy groups -OCH3 is 2. The quantitative estimate of drug-likeness (QED) is 0.538. The number of nitrogens with zero attached hydrogens (tertiary/aromatic N) is 1. The molecule has 3 rings (SSSR count). The van der Waals surface area contributed by atoms with E-state index in [1.165, 1.54) is 11.3 Å². The lowest BCUT2D eigenvalue weighted by atomic mass is 10.0. The summed E-state index contributed by atoms with van der Waals surface area (Å²) in [5.41, 5.74) is 10.2. The van der Waals surface area contributed by atoms with Gasteiger partial charge in [-0.15, -0.1) is 11.3 Å². The highest BCUT2D eigenvalue weighted by Gasteiger charge is 2.23. The molecule has 0 aliphatic heterocycles. The Morgan fingerprint density at radius 1 is 1.13 bits per heavy atom. The van der Waals surface area contributed by atoms with Crippen LogP contribution in [0.4, 0.5) is 10.7 Å². The van der Waals surface area contributed by atoms with E-state index in [0.29, 0.717) is 33.5 Å². The largest absolute Gasteiger partial charge is 0.493 e. The molecule has 3 aromatic rings. The molecule has 0 bridgehead atoms. The Balaban J connectivity index is 1.88. The molecule has 0 saturated heterocycles. The van der Waals surface area contributed by atoms with Crippen molar-refractivity contribution in [1.82, 2.24) is 0 Å². The molecule has 154 valence electrons. The zero-order chi connectivity index (χ0) is 21.8. The number of hydrogen-bond donors (Lipinski definition) is 2. The average molecular weight is 422 g/mol. The fourth-order valence-corrected chi connectivity index (χ4v) is 4.23. The third-order valence-corrected chi connectivity index (χ3v) is 5.95. The first-order valence-corrected chi connectivity index (χ1v) is 10.1. The molecular weight excluding hydrogens is 398 g/mol. The number of thiophene rings is 1. The van der Waals surface area contributed by atoms with E-state index in [9.17, 15) is 10.1 Å². The van der Waals surface area contributed by atoms with Gasteiger partial charge in [0.1, 0.15) is 21.5 Å². The summed E-state index contributed by atoms with van der Waals surface area (Å²) in [4.78, 5) is 13.4. The Bertz CT molecular complexity index is 1150. The van der Waals surface area contributed by atoms with E-state index in [1.54, 1.807) is 20.3 Å². The Hall–Kier alpha value is -3.50. The first-order chi connectivity index (χ1) is 14.4. The van der Waals surface area contributed by atoms with Gasteiger partial charge in [0.2, 0.25) is 5.78 Å². The number of nitrogens with two attached hydrogens (primary N) is 1. The molecule has 3 N–H and O–H groups in total. The van der Waals surface area contributed by atoms with Crippen LogP contribution in [0.1, 0.15) is 37.5 Å². The molecular formula is C23H23N3O3S. The third kappa shape index (κ3) is 4.09. The van der Waals surface area contributed by atoms with Gasteiger partial charge in [0, 0.05) is 12.1 Å². The van der Waals surface area contributed by atoms with Crippen LogP contribution in [0.5, 0.6) is 11.5 Å². The summed E-state index contributed by atoms with van der Waals surface area (Å²) in [6, 6.07) is 13.3. The van der Waals surface area contributed by atoms with Gasteiger partial charge in [0.15, 0.2) is 11.5 Å². The summed E-state index contributed by atoms with van der Waals surface area (Å²) in [7, 11) is 3.16. The minimum absolute atomic E-state index is 0.175. The smallest absolute Gasteiger partial charge is 0.205 e. The molecule has 2 aromatic carbocycles. The molecule has 0 aliphatic carbocycles. The van der Waals surface area contributed by atoms with Gasteiger partial charge in [-0.2, -0.15) is 5.26 Å². The van der Waals surface area contributed by atoms with Gasteiger partial charge in [0.25, 0.3) is 0 Å². The Morgan fingerprint density at radius 2 is 1.87 bits per heavy atom. The van der Waals surface area contributed by atoms with Crippen molar-refractivity contribution in [3.8, 4) is 17.6 Å². The van der Waals surface area contributed by atoms with E-state index < -0.39 is 0 Å². The van der Waals surface area contributed by atoms with Crippen LogP contribution in [0.2, 0.25) is 0 Å². The lowest BCUT2D eigenvalue weighted by molar-refractivity contribution is 0.104. The number of nitriles is 1. The van der Waals surface area contributed by atoms with Crippen molar-refractivity contribution < 1.29 is 14.3 Å². The first kappa shape index (κ1) is 21.2. The Kier molecular flexibility index (Phi) is 6.28. The Morgan fingerprint density at radius 3 is 2.50 bits per heavy atom. The van der Waals surface area contributed by atoms with Crippen LogP contribution in [0.15, 0.2) is 36.4 Å². The number of carbonyl (C=O) groups is 1. The van der Waals surface area contributed by atoms with Crippen LogP contribution in [-0.4, -0.2) is 20.0 Å². The lowest BCUT2D eigenvalue weighted by Crippen LogP contribution is -2.05. The summed E-state index contributed by atoms with van der Waals surface area (Å²) in [6.45, 7) is 4.31. The van der Waals surface area contributed by atoms with Gasteiger partial charge >= 0.3 is 0 Å². The van der Waals surface area contributed by atoms with Gasteiger partial charge in [-0.1, -0.05) is 29.8 Å². The van der Waals surface area contributed by atoms with Gasteiger partial charge in [-0.25, -0.2) is 0 Å². The molecule has 1 aromatic heterocycles. The highest BCUT2D eigenvalue weighted by Crippen LogP contribution is 2.37. The molecule has 0 fully saturated rings. The fourth-order valence-electron chi connectivity index (χ4n) is 3.21. The summed E-state index contributed by atoms with van der Waals surface area (Å²) in [5.74, 6) is 1.08. The molecule has 0 radical (unpaired) electrons. The average Bonchev–Trinajstić information content (AvgIpc) is 3.06. The number of aryl methyl sites for hydroxylation is 2. The number of benzene rings is 2. The fraction of sp³-hybridized carbons (Fsp3) is 0.217. The van der Waals surface area contributed by atoms with E-state index >= 15 is 0 Å². The van der Waals surface area contributed by atoms with Crippen LogP contribution in [-0.2, 0) is 6.54 Å². The molecule has 1 heterocycles. The number of nitrogen functional groups attached to an aromatic ring is 1. The topological polar surface area (TPSA) is 97.4 Å².